The molecule has 0 atom stereocenters. The van der Waals surface area contributed by atoms with Gasteiger partial charge in [-0.3, -0.25) is 0 Å². The molecule has 0 saturated carbocycles. The Balaban J connectivity index is 2.21. The number of hydrogen-bond donors (Lipinski definition) is 1. The van der Waals surface area contributed by atoms with Crippen LogP contribution in [0.15, 0.2) is 39.7 Å². The summed E-state index contributed by atoms with van der Waals surface area (Å²) in [6.45, 7) is 1.92. The number of anilines is 1. The second-order valence-electron chi connectivity index (χ2n) is 4.14. The van der Waals surface area contributed by atoms with Crippen LogP contribution in [0.4, 0.5) is 14.5 Å². The number of rotatable bonds is 3. The first-order valence-electron chi connectivity index (χ1n) is 5.60. The molecule has 19 heavy (non-hydrogen) atoms. The van der Waals surface area contributed by atoms with Gasteiger partial charge >= 0.3 is 0 Å². The summed E-state index contributed by atoms with van der Waals surface area (Å²) < 4.78 is 27.7. The van der Waals surface area contributed by atoms with Crippen LogP contribution >= 0.6 is 27.7 Å². The molecule has 0 amide bonds. The fourth-order valence-corrected chi connectivity index (χ4v) is 3.07. The van der Waals surface area contributed by atoms with Gasteiger partial charge < -0.3 is 5.73 Å². The topological polar surface area (TPSA) is 26.0 Å². The molecule has 2 rings (SSSR count). The van der Waals surface area contributed by atoms with Crippen LogP contribution in [0.2, 0.25) is 0 Å². The Labute approximate surface area is 123 Å². The maximum absolute atomic E-state index is 13.8. The molecule has 0 aliphatic carbocycles. The molecule has 0 bridgehead atoms. The Hall–Kier alpha value is -1.07. The Morgan fingerprint density at radius 2 is 1.95 bits per heavy atom. The number of hydrogen-bond acceptors (Lipinski definition) is 2. The standard InChI is InChI=1S/C14H12BrF2NS/c1-8-6-9(18)2-5-13(8)19-7-10-12(16)4-3-11(15)14(10)17/h2-6H,7,18H2,1H3. The van der Waals surface area contributed by atoms with E-state index in [2.05, 4.69) is 15.9 Å². The van der Waals surface area contributed by atoms with Crippen molar-refractivity contribution >= 4 is 33.4 Å². The molecule has 1 nitrogen and oxygen atoms in total. The Bertz CT molecular complexity index is 617. The van der Waals surface area contributed by atoms with Gasteiger partial charge in [0.25, 0.3) is 0 Å². The lowest BCUT2D eigenvalue weighted by Gasteiger charge is -2.09. The van der Waals surface area contributed by atoms with E-state index in [4.69, 9.17) is 5.73 Å². The van der Waals surface area contributed by atoms with Crippen molar-refractivity contribution in [3.8, 4) is 0 Å². The molecule has 0 aliphatic heterocycles. The van der Waals surface area contributed by atoms with E-state index in [-0.39, 0.29) is 15.8 Å². The maximum atomic E-state index is 13.8. The van der Waals surface area contributed by atoms with Gasteiger partial charge in [-0.25, -0.2) is 8.78 Å². The van der Waals surface area contributed by atoms with E-state index in [9.17, 15) is 8.78 Å². The minimum Gasteiger partial charge on any atom is -0.399 e. The summed E-state index contributed by atoms with van der Waals surface area (Å²) in [7, 11) is 0. The molecule has 0 unspecified atom stereocenters. The summed E-state index contributed by atoms with van der Waals surface area (Å²) in [4.78, 5) is 0.966. The number of thioether (sulfide) groups is 1. The van der Waals surface area contributed by atoms with Crippen LogP contribution in [-0.4, -0.2) is 0 Å². The first kappa shape index (κ1) is 14.3. The number of nitrogens with two attached hydrogens (primary N) is 1. The van der Waals surface area contributed by atoms with Gasteiger partial charge in [0.2, 0.25) is 0 Å². The van der Waals surface area contributed by atoms with E-state index >= 15 is 0 Å². The summed E-state index contributed by atoms with van der Waals surface area (Å²) in [5.41, 5.74) is 7.43. The zero-order valence-corrected chi connectivity index (χ0v) is 12.6. The van der Waals surface area contributed by atoms with Crippen LogP contribution in [0, 0.1) is 18.6 Å². The van der Waals surface area contributed by atoms with Crippen LogP contribution in [0.5, 0.6) is 0 Å². The van der Waals surface area contributed by atoms with E-state index in [1.165, 1.54) is 23.9 Å². The molecule has 100 valence electrons. The van der Waals surface area contributed by atoms with E-state index in [1.54, 1.807) is 6.07 Å². The molecule has 0 spiro atoms. The lowest BCUT2D eigenvalue weighted by atomic mass is 10.2. The Morgan fingerprint density at radius 3 is 2.63 bits per heavy atom. The number of benzene rings is 2. The largest absolute Gasteiger partial charge is 0.399 e. The SMILES string of the molecule is Cc1cc(N)ccc1SCc1c(F)ccc(Br)c1F. The first-order valence-corrected chi connectivity index (χ1v) is 7.38. The zero-order valence-electron chi connectivity index (χ0n) is 10.2. The van der Waals surface area contributed by atoms with Gasteiger partial charge in [-0.2, -0.15) is 0 Å². The van der Waals surface area contributed by atoms with E-state index in [1.807, 2.05) is 19.1 Å². The molecule has 2 aromatic rings. The lowest BCUT2D eigenvalue weighted by molar-refractivity contribution is 0.562. The maximum Gasteiger partial charge on any atom is 0.144 e. The third-order valence-corrected chi connectivity index (χ3v) is 4.52. The summed E-state index contributed by atoms with van der Waals surface area (Å²) in [5, 5.41) is 0. The zero-order chi connectivity index (χ0) is 14.0. The van der Waals surface area contributed by atoms with Gasteiger partial charge in [0.05, 0.1) is 4.47 Å². The van der Waals surface area contributed by atoms with Crippen LogP contribution in [0.3, 0.4) is 0 Å². The fraction of sp³-hybridized carbons (Fsp3) is 0.143. The third kappa shape index (κ3) is 3.28. The van der Waals surface area contributed by atoms with Gasteiger partial charge in [-0.05, 0) is 58.7 Å². The number of halogens is 3. The second kappa shape index (κ2) is 5.92. The molecule has 5 heteroatoms. The predicted octanol–water partition coefficient (Wildman–Crippen LogP) is 4.91. The minimum atomic E-state index is -0.541. The van der Waals surface area contributed by atoms with Gasteiger partial charge in [-0.1, -0.05) is 0 Å². The van der Waals surface area contributed by atoms with Crippen molar-refractivity contribution in [3.05, 3.63) is 57.6 Å². The molecule has 2 N–H and O–H groups in total. The Morgan fingerprint density at radius 1 is 1.21 bits per heavy atom. The number of nitrogen functional groups attached to an aromatic ring is 1. The molecule has 0 saturated heterocycles. The summed E-state index contributed by atoms with van der Waals surface area (Å²) in [5.74, 6) is -0.830. The first-order chi connectivity index (χ1) is 8.99. The predicted molar refractivity (Wildman–Crippen MR) is 79.2 cm³/mol. The smallest absolute Gasteiger partial charge is 0.144 e. The highest BCUT2D eigenvalue weighted by molar-refractivity contribution is 9.10. The highest BCUT2D eigenvalue weighted by atomic mass is 79.9. The molecule has 0 radical (unpaired) electrons. The van der Waals surface area contributed by atoms with Crippen molar-refractivity contribution in [3.63, 3.8) is 0 Å². The average molecular weight is 344 g/mol. The van der Waals surface area contributed by atoms with Gasteiger partial charge in [0, 0.05) is 21.9 Å². The molecular formula is C14H12BrF2NS. The van der Waals surface area contributed by atoms with E-state index in [0.717, 1.165) is 10.5 Å². The minimum absolute atomic E-state index is 0.0793. The van der Waals surface area contributed by atoms with Crippen LogP contribution in [0.25, 0.3) is 0 Å². The Kier molecular flexibility index (Phi) is 4.47. The van der Waals surface area contributed by atoms with E-state index in [0.29, 0.717) is 5.69 Å². The van der Waals surface area contributed by atoms with Crippen molar-refractivity contribution in [1.82, 2.24) is 0 Å². The van der Waals surface area contributed by atoms with Crippen LogP contribution < -0.4 is 5.73 Å². The summed E-state index contributed by atoms with van der Waals surface area (Å²) in [6.07, 6.45) is 0. The average Bonchev–Trinajstić information content (AvgIpc) is 2.36. The quantitative estimate of drug-likeness (QED) is 0.486. The van der Waals surface area contributed by atoms with Gasteiger partial charge in [0.15, 0.2) is 0 Å². The molecule has 0 heterocycles. The summed E-state index contributed by atoms with van der Waals surface area (Å²) >= 11 is 4.45. The third-order valence-electron chi connectivity index (χ3n) is 2.71. The van der Waals surface area contributed by atoms with Crippen LogP contribution in [-0.2, 0) is 5.75 Å². The molecular weight excluding hydrogens is 332 g/mol. The molecule has 0 aliphatic rings. The van der Waals surface area contributed by atoms with Crippen LogP contribution in [0.1, 0.15) is 11.1 Å². The number of aryl methyl sites for hydroxylation is 1. The van der Waals surface area contributed by atoms with E-state index < -0.39 is 11.6 Å². The monoisotopic (exact) mass is 343 g/mol. The fourth-order valence-electron chi connectivity index (χ4n) is 1.69. The van der Waals surface area contributed by atoms with Gasteiger partial charge in [-0.15, -0.1) is 11.8 Å². The van der Waals surface area contributed by atoms with Crippen molar-refractivity contribution < 1.29 is 8.78 Å². The van der Waals surface area contributed by atoms with Crippen molar-refractivity contribution in [2.24, 2.45) is 0 Å². The molecule has 0 aromatic heterocycles. The van der Waals surface area contributed by atoms with Crippen molar-refractivity contribution in [1.29, 1.82) is 0 Å². The van der Waals surface area contributed by atoms with Crippen molar-refractivity contribution in [2.75, 3.05) is 5.73 Å². The highest BCUT2D eigenvalue weighted by Gasteiger charge is 2.13. The highest BCUT2D eigenvalue weighted by Crippen LogP contribution is 2.31. The second-order valence-corrected chi connectivity index (χ2v) is 6.01. The van der Waals surface area contributed by atoms with Crippen molar-refractivity contribution in [2.45, 2.75) is 17.6 Å². The molecule has 0 fully saturated rings. The molecule has 2 aromatic carbocycles. The summed E-state index contributed by atoms with van der Waals surface area (Å²) in [6, 6.07) is 8.12. The normalized spacial score (nSPS) is 10.7. The lowest BCUT2D eigenvalue weighted by Crippen LogP contribution is -1.95. The van der Waals surface area contributed by atoms with Gasteiger partial charge in [0.1, 0.15) is 11.6 Å².